The number of hydrazone groups is 1. The lowest BCUT2D eigenvalue weighted by molar-refractivity contribution is -0.118. The van der Waals surface area contributed by atoms with Crippen molar-refractivity contribution in [2.45, 2.75) is 19.6 Å². The molecule has 130 valence electrons. The highest BCUT2D eigenvalue weighted by atomic mass is 16.5. The summed E-state index contributed by atoms with van der Waals surface area (Å²) in [4.78, 5) is 14.0. The van der Waals surface area contributed by atoms with Gasteiger partial charge in [0.1, 0.15) is 11.5 Å². The summed E-state index contributed by atoms with van der Waals surface area (Å²) in [5.74, 6) is 1.67. The molecule has 1 amide bonds. The first kappa shape index (κ1) is 16.2. The lowest BCUT2D eigenvalue weighted by atomic mass is 9.98. The molecule has 8 nitrogen and oxygen atoms in total. The average Bonchev–Trinajstić information content (AvgIpc) is 3.22. The van der Waals surface area contributed by atoms with E-state index in [-0.39, 0.29) is 12.1 Å². The quantitative estimate of drug-likeness (QED) is 0.556. The molecular weight excluding hydrogens is 308 g/mol. The fourth-order valence-electron chi connectivity index (χ4n) is 2.85. The van der Waals surface area contributed by atoms with E-state index in [4.69, 9.17) is 4.74 Å². The Kier molecular flexibility index (Phi) is 4.64. The van der Waals surface area contributed by atoms with Crippen molar-refractivity contribution in [3.8, 4) is 0 Å². The first-order chi connectivity index (χ1) is 11.6. The van der Waals surface area contributed by atoms with Gasteiger partial charge < -0.3 is 25.6 Å². The minimum Gasteiger partial charge on any atom is -0.449 e. The summed E-state index contributed by atoms with van der Waals surface area (Å²) < 4.78 is 5.90. The van der Waals surface area contributed by atoms with E-state index in [2.05, 4.69) is 51.6 Å². The van der Waals surface area contributed by atoms with Gasteiger partial charge in [-0.15, -0.1) is 5.10 Å². The maximum Gasteiger partial charge on any atom is 0.271 e. The number of hydrogen-bond acceptors (Lipinski definition) is 7. The van der Waals surface area contributed by atoms with E-state index in [1.165, 1.54) is 0 Å². The lowest BCUT2D eigenvalue weighted by Gasteiger charge is -2.20. The summed E-state index contributed by atoms with van der Waals surface area (Å²) in [6, 6.07) is 0. The number of carbonyl (C=O) groups is 1. The van der Waals surface area contributed by atoms with Crippen LogP contribution in [0.25, 0.3) is 0 Å². The molecule has 2 atom stereocenters. The van der Waals surface area contributed by atoms with Crippen LogP contribution in [0.15, 0.2) is 40.4 Å². The van der Waals surface area contributed by atoms with Crippen molar-refractivity contribution < 1.29 is 9.53 Å². The molecule has 1 aliphatic carbocycles. The number of carbonyl (C=O) groups excluding carboxylic acids is 1. The lowest BCUT2D eigenvalue weighted by Crippen LogP contribution is -2.36. The molecule has 3 aliphatic rings. The Balaban J connectivity index is 1.62. The Labute approximate surface area is 141 Å². The summed E-state index contributed by atoms with van der Waals surface area (Å²) in [6.45, 7) is 3.12. The standard InChI is InChI=1S/C16H24N6O2/c1-10-4-6-11(7-5-10)16-21-20-12(24-16)8-22-9-19-14(17-2)13(22)15(23)18-3/h4,6-7,10,16-17,19,21H,5,8-9H2,1-3H3,(H,18,23). The van der Waals surface area contributed by atoms with Gasteiger partial charge in [0.15, 0.2) is 0 Å². The van der Waals surface area contributed by atoms with Crippen LogP contribution in [0.3, 0.4) is 0 Å². The minimum absolute atomic E-state index is 0.153. The molecule has 8 heteroatoms. The second kappa shape index (κ2) is 6.86. The second-order valence-electron chi connectivity index (χ2n) is 5.99. The molecule has 0 bridgehead atoms. The van der Waals surface area contributed by atoms with Crippen molar-refractivity contribution in [3.05, 3.63) is 35.3 Å². The largest absolute Gasteiger partial charge is 0.449 e. The molecule has 2 heterocycles. The molecule has 0 aromatic carbocycles. The van der Waals surface area contributed by atoms with Crippen LogP contribution < -0.4 is 21.4 Å². The predicted molar refractivity (Wildman–Crippen MR) is 91.3 cm³/mol. The number of rotatable bonds is 5. The van der Waals surface area contributed by atoms with E-state index in [0.717, 1.165) is 12.0 Å². The molecule has 0 spiro atoms. The Bertz CT molecular complexity index is 636. The SMILES string of the molecule is CNC(=O)C1=C(NC)NCN1CC1=NNC(C2=CCC(C)C=C2)O1. The molecule has 0 aromatic rings. The smallest absolute Gasteiger partial charge is 0.271 e. The number of ether oxygens (including phenoxy) is 1. The minimum atomic E-state index is -0.254. The maximum atomic E-state index is 12.1. The van der Waals surface area contributed by atoms with Gasteiger partial charge in [-0.2, -0.15) is 0 Å². The zero-order valence-corrected chi connectivity index (χ0v) is 14.2. The molecule has 2 aliphatic heterocycles. The monoisotopic (exact) mass is 332 g/mol. The van der Waals surface area contributed by atoms with Crippen molar-refractivity contribution in [2.75, 3.05) is 27.3 Å². The van der Waals surface area contributed by atoms with Crippen LogP contribution in [-0.2, 0) is 9.53 Å². The summed E-state index contributed by atoms with van der Waals surface area (Å²) in [7, 11) is 3.39. The number of allylic oxidation sites excluding steroid dienone is 2. The Morgan fingerprint density at radius 3 is 3.00 bits per heavy atom. The third-order valence-electron chi connectivity index (χ3n) is 4.22. The van der Waals surface area contributed by atoms with Gasteiger partial charge >= 0.3 is 0 Å². The second-order valence-corrected chi connectivity index (χ2v) is 5.99. The molecule has 0 saturated carbocycles. The van der Waals surface area contributed by atoms with Crippen molar-refractivity contribution in [1.29, 1.82) is 0 Å². The summed E-state index contributed by atoms with van der Waals surface area (Å²) in [5.41, 5.74) is 4.66. The molecule has 2 unspecified atom stereocenters. The van der Waals surface area contributed by atoms with Crippen LogP contribution in [-0.4, -0.2) is 50.2 Å². The van der Waals surface area contributed by atoms with Gasteiger partial charge in [0.05, 0.1) is 13.2 Å². The van der Waals surface area contributed by atoms with Gasteiger partial charge in [-0.1, -0.05) is 25.2 Å². The molecule has 4 N–H and O–H groups in total. The van der Waals surface area contributed by atoms with Gasteiger partial charge in [-0.3, -0.25) is 10.2 Å². The zero-order chi connectivity index (χ0) is 17.1. The van der Waals surface area contributed by atoms with Gasteiger partial charge in [-0.25, -0.2) is 0 Å². The number of nitrogens with zero attached hydrogens (tertiary/aromatic N) is 2. The zero-order valence-electron chi connectivity index (χ0n) is 14.2. The molecular formula is C16H24N6O2. The fourth-order valence-corrected chi connectivity index (χ4v) is 2.85. The van der Waals surface area contributed by atoms with Crippen LogP contribution in [0.1, 0.15) is 13.3 Å². The van der Waals surface area contributed by atoms with E-state index < -0.39 is 0 Å². The van der Waals surface area contributed by atoms with Crippen molar-refractivity contribution in [1.82, 2.24) is 26.3 Å². The third kappa shape index (κ3) is 3.17. The van der Waals surface area contributed by atoms with Crippen LogP contribution in [0.5, 0.6) is 0 Å². The van der Waals surface area contributed by atoms with E-state index in [0.29, 0.717) is 36.5 Å². The van der Waals surface area contributed by atoms with Crippen LogP contribution in [0, 0.1) is 5.92 Å². The highest BCUT2D eigenvalue weighted by Gasteiger charge is 2.31. The van der Waals surface area contributed by atoms with Gasteiger partial charge in [0, 0.05) is 19.7 Å². The molecule has 0 saturated heterocycles. The molecule has 0 fully saturated rings. The first-order valence-electron chi connectivity index (χ1n) is 8.12. The predicted octanol–water partition coefficient (Wildman–Crippen LogP) is -0.235. The summed E-state index contributed by atoms with van der Waals surface area (Å²) in [5, 5.41) is 13.1. The Morgan fingerprint density at radius 1 is 1.50 bits per heavy atom. The highest BCUT2D eigenvalue weighted by molar-refractivity contribution is 5.94. The van der Waals surface area contributed by atoms with Gasteiger partial charge in [-0.05, 0) is 12.3 Å². The van der Waals surface area contributed by atoms with E-state index in [1.807, 2.05) is 4.90 Å². The fraction of sp³-hybridized carbons (Fsp3) is 0.500. The molecule has 0 aromatic heterocycles. The Morgan fingerprint density at radius 2 is 2.33 bits per heavy atom. The highest BCUT2D eigenvalue weighted by Crippen LogP contribution is 2.21. The van der Waals surface area contributed by atoms with E-state index in [9.17, 15) is 4.79 Å². The first-order valence-corrected chi connectivity index (χ1v) is 8.12. The molecule has 3 rings (SSSR count). The van der Waals surface area contributed by atoms with Crippen LogP contribution in [0.4, 0.5) is 0 Å². The van der Waals surface area contributed by atoms with Gasteiger partial charge in [0.2, 0.25) is 12.1 Å². The maximum absolute atomic E-state index is 12.1. The van der Waals surface area contributed by atoms with Crippen LogP contribution >= 0.6 is 0 Å². The third-order valence-corrected chi connectivity index (χ3v) is 4.22. The van der Waals surface area contributed by atoms with E-state index >= 15 is 0 Å². The Hall–Kier alpha value is -2.64. The number of nitrogens with one attached hydrogen (secondary N) is 4. The van der Waals surface area contributed by atoms with Crippen LogP contribution in [0.2, 0.25) is 0 Å². The van der Waals surface area contributed by atoms with Crippen molar-refractivity contribution >= 4 is 11.8 Å². The molecule has 0 radical (unpaired) electrons. The summed E-state index contributed by atoms with van der Waals surface area (Å²) in [6.07, 6.45) is 7.18. The van der Waals surface area contributed by atoms with Crippen molar-refractivity contribution in [3.63, 3.8) is 0 Å². The number of amides is 1. The molecule has 24 heavy (non-hydrogen) atoms. The number of hydrogen-bond donors (Lipinski definition) is 4. The van der Waals surface area contributed by atoms with E-state index in [1.54, 1.807) is 14.1 Å². The average molecular weight is 332 g/mol. The summed E-state index contributed by atoms with van der Waals surface area (Å²) >= 11 is 0. The van der Waals surface area contributed by atoms with Gasteiger partial charge in [0.25, 0.3) is 5.91 Å². The van der Waals surface area contributed by atoms with Crippen molar-refractivity contribution in [2.24, 2.45) is 11.0 Å². The number of likely N-dealkylation sites (N-methyl/N-ethyl adjacent to an activating group) is 1. The topological polar surface area (TPSA) is 90.0 Å². The normalized spacial score (nSPS) is 25.5.